The molecule has 80 valence electrons. The average molecular weight is 204 g/mol. The summed E-state index contributed by atoms with van der Waals surface area (Å²) in [7, 11) is 1.41. The summed E-state index contributed by atoms with van der Waals surface area (Å²) in [6.07, 6.45) is 1.15. The predicted octanol–water partition coefficient (Wildman–Crippen LogP) is 1.81. The molecule has 0 aromatic heterocycles. The number of aryl methyl sites for hydroxylation is 2. The van der Waals surface area contributed by atoms with Crippen LogP contribution < -0.4 is 5.32 Å². The first-order valence-electron chi connectivity index (χ1n) is 4.82. The summed E-state index contributed by atoms with van der Waals surface area (Å²) in [6, 6.07) is 9.86. The first kappa shape index (κ1) is 13.2. The second kappa shape index (κ2) is 7.57. The van der Waals surface area contributed by atoms with Gasteiger partial charge in [0, 0.05) is 7.05 Å². The van der Waals surface area contributed by atoms with Crippen LogP contribution in [0.4, 0.5) is 0 Å². The van der Waals surface area contributed by atoms with E-state index >= 15 is 0 Å². The SMILES string of the molecule is CCc1ccccc1C.CNC(=O)C#N. The van der Waals surface area contributed by atoms with Gasteiger partial charge in [-0.1, -0.05) is 31.2 Å². The van der Waals surface area contributed by atoms with E-state index in [2.05, 4.69) is 43.4 Å². The topological polar surface area (TPSA) is 52.9 Å². The lowest BCUT2D eigenvalue weighted by molar-refractivity contribution is -0.115. The Balaban J connectivity index is 0.000000288. The van der Waals surface area contributed by atoms with Crippen molar-refractivity contribution in [1.82, 2.24) is 5.32 Å². The smallest absolute Gasteiger partial charge is 0.322 e. The highest BCUT2D eigenvalue weighted by Crippen LogP contribution is 2.06. The van der Waals surface area contributed by atoms with E-state index in [1.807, 2.05) is 0 Å². The van der Waals surface area contributed by atoms with Gasteiger partial charge < -0.3 is 5.32 Å². The first-order valence-corrected chi connectivity index (χ1v) is 4.82. The standard InChI is InChI=1S/C9H12.C3H4N2O/c1-3-9-7-5-4-6-8(9)2;1-5-3(6)2-4/h4-7H,3H2,1-2H3;1H3,(H,5,6). The maximum atomic E-state index is 9.71. The van der Waals surface area contributed by atoms with Crippen molar-refractivity contribution in [2.24, 2.45) is 0 Å². The van der Waals surface area contributed by atoms with Crippen molar-refractivity contribution in [3.05, 3.63) is 35.4 Å². The summed E-state index contributed by atoms with van der Waals surface area (Å²) >= 11 is 0. The zero-order chi connectivity index (χ0) is 11.7. The van der Waals surface area contributed by atoms with Crippen LogP contribution in [0.15, 0.2) is 24.3 Å². The Morgan fingerprint density at radius 2 is 2.07 bits per heavy atom. The van der Waals surface area contributed by atoms with Gasteiger partial charge in [0.2, 0.25) is 0 Å². The van der Waals surface area contributed by atoms with Crippen molar-refractivity contribution in [1.29, 1.82) is 5.26 Å². The highest BCUT2D eigenvalue weighted by atomic mass is 16.1. The summed E-state index contributed by atoms with van der Waals surface area (Å²) in [4.78, 5) is 9.71. The fraction of sp³-hybridized carbons (Fsp3) is 0.333. The number of benzene rings is 1. The molecule has 0 heterocycles. The van der Waals surface area contributed by atoms with E-state index in [0.717, 1.165) is 6.42 Å². The molecule has 3 nitrogen and oxygen atoms in total. The van der Waals surface area contributed by atoms with Gasteiger partial charge in [0.15, 0.2) is 6.07 Å². The molecule has 0 aliphatic rings. The minimum atomic E-state index is -0.602. The van der Waals surface area contributed by atoms with Crippen molar-refractivity contribution in [3.8, 4) is 6.07 Å². The van der Waals surface area contributed by atoms with E-state index in [1.165, 1.54) is 24.2 Å². The molecule has 1 N–H and O–H groups in total. The molecular formula is C12H16N2O. The number of nitrogens with one attached hydrogen (secondary N) is 1. The van der Waals surface area contributed by atoms with Crippen molar-refractivity contribution in [2.45, 2.75) is 20.3 Å². The van der Waals surface area contributed by atoms with Crippen LogP contribution in [0.25, 0.3) is 0 Å². The molecule has 0 aliphatic heterocycles. The number of amides is 1. The number of carbonyl (C=O) groups is 1. The largest absolute Gasteiger partial charge is 0.347 e. The number of rotatable bonds is 1. The van der Waals surface area contributed by atoms with E-state index < -0.39 is 5.91 Å². The molecule has 1 aromatic rings. The number of hydrogen-bond donors (Lipinski definition) is 1. The maximum Gasteiger partial charge on any atom is 0.322 e. The number of hydrogen-bond acceptors (Lipinski definition) is 2. The Bertz CT molecular complexity index is 353. The maximum absolute atomic E-state index is 9.71. The molecule has 0 fully saturated rings. The second-order valence-corrected chi connectivity index (χ2v) is 2.97. The Kier molecular flexibility index (Phi) is 6.65. The second-order valence-electron chi connectivity index (χ2n) is 2.97. The van der Waals surface area contributed by atoms with E-state index in [0.29, 0.717) is 0 Å². The molecule has 0 aliphatic carbocycles. The molecule has 1 aromatic carbocycles. The molecule has 0 unspecified atom stereocenters. The third-order valence-corrected chi connectivity index (χ3v) is 1.97. The zero-order valence-electron chi connectivity index (χ0n) is 9.37. The molecule has 0 saturated carbocycles. The van der Waals surface area contributed by atoms with Crippen molar-refractivity contribution < 1.29 is 4.79 Å². The number of nitrogens with zero attached hydrogens (tertiary/aromatic N) is 1. The van der Waals surface area contributed by atoms with Crippen LogP contribution in [-0.2, 0) is 11.2 Å². The van der Waals surface area contributed by atoms with Crippen molar-refractivity contribution in [2.75, 3.05) is 7.05 Å². The minimum Gasteiger partial charge on any atom is -0.347 e. The Labute approximate surface area is 90.7 Å². The van der Waals surface area contributed by atoms with Crippen LogP contribution in [0, 0.1) is 18.3 Å². The molecule has 0 atom stereocenters. The summed E-state index contributed by atoms with van der Waals surface area (Å²) in [5.74, 6) is -0.602. The fourth-order valence-corrected chi connectivity index (χ4v) is 1.06. The summed E-state index contributed by atoms with van der Waals surface area (Å²) in [6.45, 7) is 4.33. The molecule has 1 rings (SSSR count). The average Bonchev–Trinajstić information content (AvgIpc) is 2.29. The lowest BCUT2D eigenvalue weighted by atomic mass is 10.1. The highest BCUT2D eigenvalue weighted by molar-refractivity contribution is 5.90. The number of carbonyl (C=O) groups excluding carboxylic acids is 1. The van der Waals surface area contributed by atoms with Gasteiger partial charge in [-0.25, -0.2) is 0 Å². The summed E-state index contributed by atoms with van der Waals surface area (Å²) in [5, 5.41) is 9.79. The van der Waals surface area contributed by atoms with Gasteiger partial charge in [0.25, 0.3) is 0 Å². The summed E-state index contributed by atoms with van der Waals surface area (Å²) in [5.41, 5.74) is 2.86. The van der Waals surface area contributed by atoms with Crippen molar-refractivity contribution in [3.63, 3.8) is 0 Å². The first-order chi connectivity index (χ1) is 7.15. The normalized spacial score (nSPS) is 8.13. The van der Waals surface area contributed by atoms with Gasteiger partial charge in [0.1, 0.15) is 0 Å². The third kappa shape index (κ3) is 5.48. The van der Waals surface area contributed by atoms with E-state index in [1.54, 1.807) is 0 Å². The lowest BCUT2D eigenvalue weighted by Crippen LogP contribution is -2.13. The fourth-order valence-electron chi connectivity index (χ4n) is 1.06. The molecule has 0 spiro atoms. The molecule has 0 saturated heterocycles. The Morgan fingerprint density at radius 3 is 2.33 bits per heavy atom. The van der Waals surface area contributed by atoms with E-state index in [9.17, 15) is 4.79 Å². The molecule has 0 radical (unpaired) electrons. The van der Waals surface area contributed by atoms with Crippen LogP contribution in [0.3, 0.4) is 0 Å². The monoisotopic (exact) mass is 204 g/mol. The zero-order valence-corrected chi connectivity index (χ0v) is 9.37. The van der Waals surface area contributed by atoms with Crippen LogP contribution in [-0.4, -0.2) is 13.0 Å². The van der Waals surface area contributed by atoms with Gasteiger partial charge in [-0.05, 0) is 24.5 Å². The molecule has 3 heteroatoms. The van der Waals surface area contributed by atoms with Gasteiger partial charge in [0.05, 0.1) is 0 Å². The predicted molar refractivity (Wildman–Crippen MR) is 60.2 cm³/mol. The lowest BCUT2D eigenvalue weighted by Gasteiger charge is -1.98. The molecular weight excluding hydrogens is 188 g/mol. The quantitative estimate of drug-likeness (QED) is 0.709. The number of nitriles is 1. The summed E-state index contributed by atoms with van der Waals surface area (Å²) < 4.78 is 0. The van der Waals surface area contributed by atoms with E-state index in [-0.39, 0.29) is 0 Å². The van der Waals surface area contributed by atoms with Gasteiger partial charge in [-0.3, -0.25) is 4.79 Å². The third-order valence-electron chi connectivity index (χ3n) is 1.97. The molecule has 1 amide bonds. The van der Waals surface area contributed by atoms with Crippen LogP contribution in [0.2, 0.25) is 0 Å². The Morgan fingerprint density at radius 1 is 1.47 bits per heavy atom. The van der Waals surface area contributed by atoms with Crippen LogP contribution in [0.1, 0.15) is 18.1 Å². The Hall–Kier alpha value is -1.82. The van der Waals surface area contributed by atoms with Crippen molar-refractivity contribution >= 4 is 5.91 Å². The van der Waals surface area contributed by atoms with Gasteiger partial charge in [-0.2, -0.15) is 5.26 Å². The molecule has 15 heavy (non-hydrogen) atoms. The highest BCUT2D eigenvalue weighted by Gasteiger charge is 1.89. The van der Waals surface area contributed by atoms with Gasteiger partial charge >= 0.3 is 5.91 Å². The van der Waals surface area contributed by atoms with Crippen LogP contribution >= 0.6 is 0 Å². The van der Waals surface area contributed by atoms with Crippen LogP contribution in [0.5, 0.6) is 0 Å². The minimum absolute atomic E-state index is 0.602. The van der Waals surface area contributed by atoms with E-state index in [4.69, 9.17) is 5.26 Å². The van der Waals surface area contributed by atoms with Gasteiger partial charge in [-0.15, -0.1) is 0 Å². The molecule has 0 bridgehead atoms.